The molecule has 1 fully saturated rings. The van der Waals surface area contributed by atoms with Crippen LogP contribution in [0.4, 0.5) is 0 Å². The molecule has 23 heavy (non-hydrogen) atoms. The van der Waals surface area contributed by atoms with Gasteiger partial charge in [0.25, 0.3) is 0 Å². The van der Waals surface area contributed by atoms with Crippen LogP contribution in [0, 0.1) is 0 Å². The second-order valence-electron chi connectivity index (χ2n) is 6.48. The van der Waals surface area contributed by atoms with Gasteiger partial charge in [0.05, 0.1) is 11.0 Å². The molecule has 2 aromatic rings. The molecule has 1 unspecified atom stereocenters. The summed E-state index contributed by atoms with van der Waals surface area (Å²) in [4.78, 5) is 36.0. The first-order valence-corrected chi connectivity index (χ1v) is 7.92. The van der Waals surface area contributed by atoms with Crippen LogP contribution in [0.3, 0.4) is 0 Å². The smallest absolute Gasteiger partial charge is 0.296 e. The molecular weight excluding hydrogens is 294 g/mol. The minimum absolute atomic E-state index is 0.145. The lowest BCUT2D eigenvalue weighted by Crippen LogP contribution is -2.30. The molecule has 0 spiro atoms. The van der Waals surface area contributed by atoms with E-state index in [-0.39, 0.29) is 36.4 Å². The monoisotopic (exact) mass is 315 g/mol. The molecule has 6 heteroatoms. The minimum atomic E-state index is -0.319. The first kappa shape index (κ1) is 15.5. The number of carbonyl (C=O) groups is 2. The van der Waals surface area contributed by atoms with Gasteiger partial charge < -0.3 is 0 Å². The van der Waals surface area contributed by atoms with Crippen molar-refractivity contribution in [2.75, 3.05) is 0 Å². The number of hydrogen-bond donors (Lipinski definition) is 1. The molecule has 2 amide bonds. The summed E-state index contributed by atoms with van der Waals surface area (Å²) >= 11 is 0. The summed E-state index contributed by atoms with van der Waals surface area (Å²) in [6.45, 7) is 4.22. The molecule has 3 rings (SSSR count). The third-order valence-corrected chi connectivity index (χ3v) is 4.55. The van der Waals surface area contributed by atoms with E-state index in [2.05, 4.69) is 19.2 Å². The molecule has 1 aromatic heterocycles. The van der Waals surface area contributed by atoms with E-state index >= 15 is 0 Å². The molecule has 1 N–H and O–H groups in total. The predicted octanol–water partition coefficient (Wildman–Crippen LogP) is 1.83. The Morgan fingerprint density at radius 2 is 1.87 bits per heavy atom. The Hall–Kier alpha value is -2.37. The predicted molar refractivity (Wildman–Crippen MR) is 87.3 cm³/mol. The van der Waals surface area contributed by atoms with Gasteiger partial charge in [-0.3, -0.25) is 24.0 Å². The van der Waals surface area contributed by atoms with Crippen molar-refractivity contribution in [3.8, 4) is 0 Å². The maximum atomic E-state index is 12.7. The average Bonchev–Trinajstić information content (AvgIpc) is 2.63. The number of imidazole rings is 1. The van der Waals surface area contributed by atoms with Crippen molar-refractivity contribution in [2.45, 2.75) is 45.1 Å². The van der Waals surface area contributed by atoms with E-state index in [1.165, 1.54) is 5.56 Å². The van der Waals surface area contributed by atoms with Crippen LogP contribution in [-0.4, -0.2) is 20.9 Å². The summed E-state index contributed by atoms with van der Waals surface area (Å²) < 4.78 is 3.28. The van der Waals surface area contributed by atoms with Gasteiger partial charge >= 0.3 is 5.69 Å². The third kappa shape index (κ3) is 2.69. The van der Waals surface area contributed by atoms with Crippen molar-refractivity contribution in [1.29, 1.82) is 0 Å². The van der Waals surface area contributed by atoms with Crippen LogP contribution >= 0.6 is 0 Å². The third-order valence-electron chi connectivity index (χ3n) is 4.55. The Kier molecular flexibility index (Phi) is 3.83. The minimum Gasteiger partial charge on any atom is -0.296 e. The summed E-state index contributed by atoms with van der Waals surface area (Å²) in [5, 5.41) is 2.34. The zero-order chi connectivity index (χ0) is 16.7. The van der Waals surface area contributed by atoms with Crippen molar-refractivity contribution in [2.24, 2.45) is 7.05 Å². The largest absolute Gasteiger partial charge is 0.329 e. The number of amides is 2. The Morgan fingerprint density at radius 1 is 1.13 bits per heavy atom. The molecular formula is C17H21N3O3. The Morgan fingerprint density at radius 3 is 2.57 bits per heavy atom. The summed E-state index contributed by atoms with van der Waals surface area (Å²) in [6, 6.07) is 5.70. The van der Waals surface area contributed by atoms with Gasteiger partial charge in [-0.15, -0.1) is 0 Å². The summed E-state index contributed by atoms with van der Waals surface area (Å²) in [5.41, 5.74) is 2.69. The van der Waals surface area contributed by atoms with E-state index in [4.69, 9.17) is 0 Å². The van der Waals surface area contributed by atoms with E-state index < -0.39 is 0 Å². The molecule has 0 aliphatic carbocycles. The maximum absolute atomic E-state index is 12.7. The van der Waals surface area contributed by atoms with Crippen LogP contribution in [0.1, 0.15) is 50.6 Å². The van der Waals surface area contributed by atoms with E-state index in [0.717, 1.165) is 11.0 Å². The number of fused-ring (bicyclic) bond motifs is 1. The molecule has 0 radical (unpaired) electrons. The number of rotatable bonds is 2. The first-order chi connectivity index (χ1) is 10.9. The first-order valence-electron chi connectivity index (χ1n) is 7.92. The number of benzene rings is 1. The number of hydrogen-bond acceptors (Lipinski definition) is 3. The van der Waals surface area contributed by atoms with Crippen LogP contribution in [0.2, 0.25) is 0 Å². The fraction of sp³-hybridized carbons (Fsp3) is 0.471. The van der Waals surface area contributed by atoms with E-state index in [9.17, 15) is 14.4 Å². The molecule has 1 saturated heterocycles. The highest BCUT2D eigenvalue weighted by molar-refractivity contribution is 5.96. The van der Waals surface area contributed by atoms with Gasteiger partial charge in [-0.2, -0.15) is 0 Å². The molecule has 2 heterocycles. The van der Waals surface area contributed by atoms with Crippen LogP contribution in [-0.2, 0) is 16.6 Å². The van der Waals surface area contributed by atoms with Crippen LogP contribution in [0.25, 0.3) is 11.0 Å². The lowest BCUT2D eigenvalue weighted by molar-refractivity contribution is -0.129. The normalized spacial score (nSPS) is 19.2. The fourth-order valence-corrected chi connectivity index (χ4v) is 3.20. The summed E-state index contributed by atoms with van der Waals surface area (Å²) in [5.74, 6) is -0.216. The maximum Gasteiger partial charge on any atom is 0.329 e. The molecule has 0 saturated carbocycles. The van der Waals surface area contributed by atoms with Gasteiger partial charge in [0.2, 0.25) is 11.8 Å². The van der Waals surface area contributed by atoms with Crippen molar-refractivity contribution < 1.29 is 9.59 Å². The van der Waals surface area contributed by atoms with Crippen molar-refractivity contribution in [3.05, 3.63) is 34.2 Å². The fourth-order valence-electron chi connectivity index (χ4n) is 3.20. The van der Waals surface area contributed by atoms with Gasteiger partial charge in [0.15, 0.2) is 0 Å². The van der Waals surface area contributed by atoms with Crippen molar-refractivity contribution in [3.63, 3.8) is 0 Å². The second-order valence-corrected chi connectivity index (χ2v) is 6.48. The number of imide groups is 1. The topological polar surface area (TPSA) is 73.1 Å². The van der Waals surface area contributed by atoms with Gasteiger partial charge in [-0.25, -0.2) is 4.79 Å². The van der Waals surface area contributed by atoms with Crippen molar-refractivity contribution in [1.82, 2.24) is 14.5 Å². The number of nitrogens with one attached hydrogen (secondary N) is 1. The highest BCUT2D eigenvalue weighted by Gasteiger charge is 2.26. The molecule has 1 aromatic carbocycles. The Bertz CT molecular complexity index is 845. The van der Waals surface area contributed by atoms with Gasteiger partial charge in [0, 0.05) is 25.9 Å². The van der Waals surface area contributed by atoms with Gasteiger partial charge in [-0.1, -0.05) is 19.9 Å². The number of aromatic nitrogens is 2. The lowest BCUT2D eigenvalue weighted by Gasteiger charge is -2.15. The van der Waals surface area contributed by atoms with Crippen LogP contribution in [0.5, 0.6) is 0 Å². The quantitative estimate of drug-likeness (QED) is 0.859. The standard InChI is InChI=1S/C17H21N3O3/c1-10(2)11-4-6-13-14(8-11)19(3)17(23)20(13)12-5-7-15(21)18-16(22)9-12/h4,6,8,10,12H,5,7,9H2,1-3H3,(H,18,21,22). The SMILES string of the molecule is CC(C)c1ccc2c(c1)n(C)c(=O)n2C1CCC(=O)NC(=O)C1. The zero-order valence-corrected chi connectivity index (χ0v) is 13.6. The Balaban J connectivity index is 2.14. The number of nitrogens with zero attached hydrogens (tertiary/aromatic N) is 2. The molecule has 0 bridgehead atoms. The molecule has 1 aliphatic heterocycles. The molecule has 6 nitrogen and oxygen atoms in total. The summed E-state index contributed by atoms with van der Waals surface area (Å²) in [7, 11) is 1.74. The van der Waals surface area contributed by atoms with E-state index in [0.29, 0.717) is 12.3 Å². The van der Waals surface area contributed by atoms with Crippen LogP contribution in [0.15, 0.2) is 23.0 Å². The summed E-state index contributed by atoms with van der Waals surface area (Å²) in [6.07, 6.45) is 0.891. The molecule has 1 atom stereocenters. The van der Waals surface area contributed by atoms with E-state index in [1.807, 2.05) is 18.2 Å². The molecule has 1 aliphatic rings. The van der Waals surface area contributed by atoms with E-state index in [1.54, 1.807) is 16.2 Å². The number of aryl methyl sites for hydroxylation is 1. The van der Waals surface area contributed by atoms with Gasteiger partial charge in [-0.05, 0) is 30.0 Å². The average molecular weight is 315 g/mol. The highest BCUT2D eigenvalue weighted by Crippen LogP contribution is 2.26. The van der Waals surface area contributed by atoms with Crippen molar-refractivity contribution >= 4 is 22.8 Å². The molecule has 122 valence electrons. The number of carbonyl (C=O) groups excluding carboxylic acids is 2. The van der Waals surface area contributed by atoms with Crippen LogP contribution < -0.4 is 11.0 Å². The zero-order valence-electron chi connectivity index (χ0n) is 13.6. The lowest BCUT2D eigenvalue weighted by atomic mass is 10.0. The Labute approximate surface area is 134 Å². The van der Waals surface area contributed by atoms with Gasteiger partial charge in [0.1, 0.15) is 0 Å². The second kappa shape index (κ2) is 5.68. The highest BCUT2D eigenvalue weighted by atomic mass is 16.2.